The number of ether oxygens (including phenoxy) is 13. The lowest BCUT2D eigenvalue weighted by Crippen LogP contribution is -2.58. The average Bonchev–Trinajstić information content (AvgIpc) is 1.58. The van der Waals surface area contributed by atoms with Gasteiger partial charge >= 0.3 is 12.2 Å². The van der Waals surface area contributed by atoms with E-state index in [1.165, 1.54) is 42.2 Å². The van der Waals surface area contributed by atoms with Crippen LogP contribution in [-0.4, -0.2) is 194 Å². The Morgan fingerprint density at radius 1 is 0.490 bits per heavy atom. The fraction of sp³-hybridized carbons (Fsp3) is 0.562. The molecule has 102 heavy (non-hydrogen) atoms. The van der Waals surface area contributed by atoms with Gasteiger partial charge in [0.25, 0.3) is 11.8 Å². The van der Waals surface area contributed by atoms with Gasteiger partial charge in [0.05, 0.1) is 81.8 Å². The molecule has 0 saturated heterocycles. The van der Waals surface area contributed by atoms with Gasteiger partial charge in [0, 0.05) is 90.4 Å². The standard InChI is InChI=1S/C73H96Cl6N4O18Si/c1-11-12-26-91-27-13-28-92-29-14-30-93-31-15-32-94-33-16-34-95-37-38-96-55-24-20-51(21-25-55)53-40-61-68(101-102(9,10)71(3,4)5)83(70(87)100-48-73(77,78)79)60-44-65(63(90-8)42-57(60)67(85)81(61)46-53)98-36-17-35-97-64-43-59-56(41-62(64)89-7)66(84)80-45-52(50-18-22-54(88-6)23-19-50)39-58(80)49(2)82(59)69(86)99-47-72(74,75)76/h18-25,41-46,49,58,61,68H,11-17,26-40,47-48H2,1-10H3/t49-,58?,61?,68-/m1/s1. The molecule has 0 spiro atoms. The van der Waals surface area contributed by atoms with Crippen LogP contribution in [0.3, 0.4) is 0 Å². The number of nitrogens with zero attached hydrogens (tertiary/aromatic N) is 4. The third kappa shape index (κ3) is 22.7. The fourth-order valence-electron chi connectivity index (χ4n) is 11.6. The van der Waals surface area contributed by atoms with Crippen LogP contribution in [0.5, 0.6) is 34.5 Å². The molecular weight excluding hydrogens is 1460 g/mol. The van der Waals surface area contributed by atoms with Gasteiger partial charge in [0.2, 0.25) is 7.59 Å². The first-order valence-electron chi connectivity index (χ1n) is 34.4. The molecule has 0 N–H and O–H groups in total. The molecule has 4 aromatic carbocycles. The first-order chi connectivity index (χ1) is 48.7. The summed E-state index contributed by atoms with van der Waals surface area (Å²) in [5, 5.41) is -0.379. The highest BCUT2D eigenvalue weighted by molar-refractivity contribution is 6.74. The Hall–Kier alpha value is -5.64. The summed E-state index contributed by atoms with van der Waals surface area (Å²) in [4.78, 5) is 65.1. The number of carbonyl (C=O) groups excluding carboxylic acids is 4. The maximum Gasteiger partial charge on any atom is 0.416 e. The van der Waals surface area contributed by atoms with Gasteiger partial charge in [-0.15, -0.1) is 0 Å². The number of hydrogen-bond donors (Lipinski definition) is 0. The molecule has 4 aliphatic heterocycles. The number of unbranched alkanes of at least 4 members (excludes halogenated alkanes) is 1. The minimum absolute atomic E-state index is 0.00341. The Morgan fingerprint density at radius 3 is 1.32 bits per heavy atom. The Morgan fingerprint density at radius 2 is 0.892 bits per heavy atom. The molecule has 562 valence electrons. The van der Waals surface area contributed by atoms with Crippen molar-refractivity contribution in [1.29, 1.82) is 0 Å². The Balaban J connectivity index is 0.929. The van der Waals surface area contributed by atoms with E-state index in [-0.39, 0.29) is 76.6 Å². The van der Waals surface area contributed by atoms with E-state index in [1.54, 1.807) is 35.4 Å². The molecule has 0 bridgehead atoms. The van der Waals surface area contributed by atoms with Gasteiger partial charge in [-0.1, -0.05) is 128 Å². The lowest BCUT2D eigenvalue weighted by atomic mass is 9.98. The summed E-state index contributed by atoms with van der Waals surface area (Å²) in [5.74, 6) is 1.18. The predicted molar refractivity (Wildman–Crippen MR) is 399 cm³/mol. The zero-order chi connectivity index (χ0) is 73.8. The van der Waals surface area contributed by atoms with Crippen molar-refractivity contribution in [2.45, 2.75) is 142 Å². The number of halogens is 6. The van der Waals surface area contributed by atoms with E-state index in [0.717, 1.165) is 74.0 Å². The van der Waals surface area contributed by atoms with E-state index < -0.39 is 77.5 Å². The molecule has 4 heterocycles. The van der Waals surface area contributed by atoms with Crippen molar-refractivity contribution in [3.05, 3.63) is 107 Å². The topological polar surface area (TPSA) is 210 Å². The minimum Gasteiger partial charge on any atom is -0.497 e. The van der Waals surface area contributed by atoms with E-state index in [4.69, 9.17) is 136 Å². The van der Waals surface area contributed by atoms with Crippen molar-refractivity contribution in [3.8, 4) is 34.5 Å². The molecule has 2 unspecified atom stereocenters. The number of hydrogen-bond acceptors (Lipinski definition) is 18. The van der Waals surface area contributed by atoms with Crippen LogP contribution >= 0.6 is 69.6 Å². The summed E-state index contributed by atoms with van der Waals surface area (Å²) in [6, 6.07) is 19.2. The van der Waals surface area contributed by atoms with E-state index in [9.17, 15) is 14.4 Å². The van der Waals surface area contributed by atoms with Crippen LogP contribution in [0, 0.1) is 0 Å². The third-order valence-electron chi connectivity index (χ3n) is 18.0. The largest absolute Gasteiger partial charge is 0.497 e. The van der Waals surface area contributed by atoms with Crippen molar-refractivity contribution in [1.82, 2.24) is 9.80 Å². The zero-order valence-electron chi connectivity index (χ0n) is 59.8. The quantitative estimate of drug-likeness (QED) is 0.0232. The van der Waals surface area contributed by atoms with Crippen LogP contribution in [-0.2, 0) is 37.6 Å². The molecule has 0 radical (unpaired) electrons. The molecule has 0 saturated carbocycles. The number of methoxy groups -OCH3 is 3. The average molecular weight is 1560 g/mol. The highest BCUT2D eigenvalue weighted by atomic mass is 35.6. The second-order valence-electron chi connectivity index (χ2n) is 26.4. The maximum absolute atomic E-state index is 15.3. The summed E-state index contributed by atoms with van der Waals surface area (Å²) in [6.07, 6.45) is 7.08. The van der Waals surface area contributed by atoms with Gasteiger partial charge in [-0.05, 0) is 129 Å². The highest BCUT2D eigenvalue weighted by Gasteiger charge is 2.52. The molecule has 4 atom stereocenters. The zero-order valence-corrected chi connectivity index (χ0v) is 65.3. The molecule has 0 fully saturated rings. The number of carbonyl (C=O) groups is 4. The Labute approximate surface area is 630 Å². The third-order valence-corrected chi connectivity index (χ3v) is 23.1. The molecule has 4 aliphatic rings. The van der Waals surface area contributed by atoms with Gasteiger partial charge in [-0.3, -0.25) is 14.5 Å². The van der Waals surface area contributed by atoms with E-state index >= 15 is 4.79 Å². The van der Waals surface area contributed by atoms with Crippen LogP contribution in [0.2, 0.25) is 18.1 Å². The van der Waals surface area contributed by atoms with E-state index in [1.807, 2.05) is 55.5 Å². The van der Waals surface area contributed by atoms with Gasteiger partial charge < -0.3 is 75.8 Å². The molecular formula is C73H96Cl6N4O18Si. The summed E-state index contributed by atoms with van der Waals surface area (Å²) in [7, 11) is 1.61. The summed E-state index contributed by atoms with van der Waals surface area (Å²) < 4.78 is 79.2. The minimum atomic E-state index is -2.85. The maximum atomic E-state index is 15.3. The van der Waals surface area contributed by atoms with Gasteiger partial charge in [0.1, 0.15) is 31.3 Å². The monoisotopic (exact) mass is 1550 g/mol. The molecule has 0 aliphatic carbocycles. The number of amides is 4. The van der Waals surface area contributed by atoms with Gasteiger partial charge in [-0.2, -0.15) is 0 Å². The highest BCUT2D eigenvalue weighted by Crippen LogP contribution is 2.49. The number of alkyl halides is 6. The molecule has 0 aromatic heterocycles. The molecule has 4 amide bonds. The summed E-state index contributed by atoms with van der Waals surface area (Å²) in [5.41, 5.74) is 3.83. The van der Waals surface area contributed by atoms with Crippen LogP contribution in [0.1, 0.15) is 124 Å². The van der Waals surface area contributed by atoms with Gasteiger partial charge in [0.15, 0.2) is 37.5 Å². The predicted octanol–water partition coefficient (Wildman–Crippen LogP) is 16.3. The molecule has 4 aromatic rings. The number of rotatable bonds is 38. The normalized spacial score (nSPS) is 17.6. The van der Waals surface area contributed by atoms with Gasteiger partial charge in [-0.25, -0.2) is 14.5 Å². The number of benzene rings is 4. The molecule has 22 nitrogen and oxygen atoms in total. The summed E-state index contributed by atoms with van der Waals surface area (Å²) >= 11 is 36.8. The smallest absolute Gasteiger partial charge is 0.416 e. The van der Waals surface area contributed by atoms with Crippen LogP contribution in [0.25, 0.3) is 11.1 Å². The van der Waals surface area contributed by atoms with Crippen LogP contribution in [0.4, 0.5) is 21.0 Å². The lowest BCUT2D eigenvalue weighted by Gasteiger charge is -2.44. The van der Waals surface area contributed by atoms with Crippen molar-refractivity contribution in [2.75, 3.05) is 130 Å². The SMILES string of the molecule is CCCCOCCCOCCCOCCCOCCCOCCOc1ccc(C2=CN3C(=O)c4cc(OC)c(OCCCOc5cc6c(cc5OC)C(=O)N5C=C(c7ccc(OC)cc7)CC5[C@@H](C)N6C(=O)OCC(Cl)(Cl)Cl)cc4N(C(=O)OCC(Cl)(Cl)Cl)[C@H](O[Si](C)(C)C(C)(C)C)C3C2)cc1. The van der Waals surface area contributed by atoms with Crippen molar-refractivity contribution >= 4 is 124 Å². The second kappa shape index (κ2) is 38.6. The lowest BCUT2D eigenvalue weighted by molar-refractivity contribution is 0.0462. The Kier molecular flexibility index (Phi) is 31.0. The van der Waals surface area contributed by atoms with Crippen molar-refractivity contribution in [2.24, 2.45) is 0 Å². The fourth-order valence-corrected chi connectivity index (χ4v) is 13.2. The van der Waals surface area contributed by atoms with E-state index in [2.05, 4.69) is 40.8 Å². The van der Waals surface area contributed by atoms with Crippen molar-refractivity contribution in [3.63, 3.8) is 0 Å². The summed E-state index contributed by atoms with van der Waals surface area (Å²) in [6.45, 7) is 19.8. The molecule has 29 heteroatoms. The van der Waals surface area contributed by atoms with Crippen LogP contribution < -0.4 is 38.2 Å². The first-order valence-corrected chi connectivity index (χ1v) is 39.6. The van der Waals surface area contributed by atoms with E-state index in [0.29, 0.717) is 77.4 Å². The number of anilines is 2. The van der Waals surface area contributed by atoms with Crippen molar-refractivity contribution < 1.29 is 85.2 Å². The number of fused-ring (bicyclic) bond motifs is 4. The molecule has 8 rings (SSSR count). The Bertz CT molecular complexity index is 3480. The van der Waals surface area contributed by atoms with Crippen LogP contribution in [0.15, 0.2) is 85.2 Å². The first kappa shape index (κ1) is 82.0. The second-order valence-corrected chi connectivity index (χ2v) is 36.2.